The maximum absolute atomic E-state index is 11.3. The molecule has 2 unspecified atom stereocenters. The molecular formula is C11H21NO4. The van der Waals surface area contributed by atoms with Crippen LogP contribution in [0.3, 0.4) is 0 Å². The summed E-state index contributed by atoms with van der Waals surface area (Å²) in [7, 11) is 1.28. The van der Waals surface area contributed by atoms with Gasteiger partial charge in [0.05, 0.1) is 19.8 Å². The SMILES string of the molecule is CCCC(C)OCC(NC(C)=O)C(=O)OC. The monoisotopic (exact) mass is 231 g/mol. The van der Waals surface area contributed by atoms with Gasteiger partial charge in [0.15, 0.2) is 6.04 Å². The van der Waals surface area contributed by atoms with Gasteiger partial charge in [-0.2, -0.15) is 0 Å². The number of hydrogen-bond donors (Lipinski definition) is 1. The van der Waals surface area contributed by atoms with Crippen LogP contribution >= 0.6 is 0 Å². The summed E-state index contributed by atoms with van der Waals surface area (Å²) in [6.45, 7) is 5.50. The van der Waals surface area contributed by atoms with Crippen LogP contribution in [-0.2, 0) is 19.1 Å². The smallest absolute Gasteiger partial charge is 0.330 e. The molecule has 5 heteroatoms. The molecule has 0 saturated carbocycles. The molecule has 0 aliphatic heterocycles. The topological polar surface area (TPSA) is 64.6 Å². The molecule has 0 aromatic heterocycles. The van der Waals surface area contributed by atoms with Gasteiger partial charge in [0.25, 0.3) is 0 Å². The van der Waals surface area contributed by atoms with Gasteiger partial charge in [-0.1, -0.05) is 13.3 Å². The minimum absolute atomic E-state index is 0.0749. The van der Waals surface area contributed by atoms with Crippen molar-refractivity contribution in [2.24, 2.45) is 0 Å². The standard InChI is InChI=1S/C11H21NO4/c1-5-6-8(2)16-7-10(11(14)15-4)12-9(3)13/h8,10H,5-7H2,1-4H3,(H,12,13). The van der Waals surface area contributed by atoms with Gasteiger partial charge in [-0.05, 0) is 13.3 Å². The molecule has 0 aliphatic rings. The van der Waals surface area contributed by atoms with Gasteiger partial charge in [0, 0.05) is 6.92 Å². The molecule has 0 bridgehead atoms. The fourth-order valence-corrected chi connectivity index (χ4v) is 1.31. The van der Waals surface area contributed by atoms with E-state index in [0.29, 0.717) is 0 Å². The molecule has 2 atom stereocenters. The second-order valence-corrected chi connectivity index (χ2v) is 3.71. The van der Waals surface area contributed by atoms with E-state index in [0.717, 1.165) is 12.8 Å². The Morgan fingerprint density at radius 3 is 2.44 bits per heavy atom. The Hall–Kier alpha value is -1.10. The second kappa shape index (κ2) is 8.10. The van der Waals surface area contributed by atoms with Crippen molar-refractivity contribution in [1.29, 1.82) is 0 Å². The maximum Gasteiger partial charge on any atom is 0.330 e. The number of nitrogens with one attached hydrogen (secondary N) is 1. The van der Waals surface area contributed by atoms with Crippen molar-refractivity contribution in [3.05, 3.63) is 0 Å². The first-order chi connectivity index (χ1) is 7.51. The highest BCUT2D eigenvalue weighted by molar-refractivity contribution is 5.83. The summed E-state index contributed by atoms with van der Waals surface area (Å²) < 4.78 is 10.0. The Bertz CT molecular complexity index is 230. The third kappa shape index (κ3) is 6.40. The summed E-state index contributed by atoms with van der Waals surface area (Å²) >= 11 is 0. The van der Waals surface area contributed by atoms with Gasteiger partial charge in [0.2, 0.25) is 5.91 Å². The molecule has 5 nitrogen and oxygen atoms in total. The summed E-state index contributed by atoms with van der Waals surface area (Å²) in [5, 5.41) is 2.49. The Morgan fingerprint density at radius 2 is 2.00 bits per heavy atom. The van der Waals surface area contributed by atoms with E-state index in [-0.39, 0.29) is 18.6 Å². The van der Waals surface area contributed by atoms with E-state index >= 15 is 0 Å². The third-order valence-corrected chi connectivity index (χ3v) is 2.11. The normalized spacial score (nSPS) is 14.0. The minimum Gasteiger partial charge on any atom is -0.467 e. The highest BCUT2D eigenvalue weighted by atomic mass is 16.5. The quantitative estimate of drug-likeness (QED) is 0.660. The lowest BCUT2D eigenvalue weighted by Crippen LogP contribution is -2.44. The van der Waals surface area contributed by atoms with Crippen molar-refractivity contribution in [3.8, 4) is 0 Å². The van der Waals surface area contributed by atoms with E-state index < -0.39 is 12.0 Å². The van der Waals surface area contributed by atoms with Crippen LogP contribution in [0.2, 0.25) is 0 Å². The Kier molecular flexibility index (Phi) is 7.54. The lowest BCUT2D eigenvalue weighted by Gasteiger charge is -2.18. The molecule has 0 rings (SSSR count). The van der Waals surface area contributed by atoms with Crippen LogP contribution in [0, 0.1) is 0 Å². The summed E-state index contributed by atoms with van der Waals surface area (Å²) in [6, 6.07) is -0.721. The van der Waals surface area contributed by atoms with Crippen molar-refractivity contribution in [2.75, 3.05) is 13.7 Å². The molecule has 0 radical (unpaired) electrons. The van der Waals surface area contributed by atoms with Crippen molar-refractivity contribution in [3.63, 3.8) is 0 Å². The Balaban J connectivity index is 4.10. The number of esters is 1. The highest BCUT2D eigenvalue weighted by Crippen LogP contribution is 2.02. The molecule has 0 spiro atoms. The third-order valence-electron chi connectivity index (χ3n) is 2.11. The molecule has 0 saturated heterocycles. The van der Waals surface area contributed by atoms with E-state index in [2.05, 4.69) is 17.0 Å². The number of carbonyl (C=O) groups is 2. The van der Waals surface area contributed by atoms with Gasteiger partial charge in [0.1, 0.15) is 0 Å². The minimum atomic E-state index is -0.721. The highest BCUT2D eigenvalue weighted by Gasteiger charge is 2.21. The zero-order chi connectivity index (χ0) is 12.6. The molecular weight excluding hydrogens is 210 g/mol. The predicted molar refractivity (Wildman–Crippen MR) is 59.9 cm³/mol. The fraction of sp³-hybridized carbons (Fsp3) is 0.818. The van der Waals surface area contributed by atoms with Gasteiger partial charge in [-0.15, -0.1) is 0 Å². The Morgan fingerprint density at radius 1 is 1.38 bits per heavy atom. The van der Waals surface area contributed by atoms with Crippen molar-refractivity contribution in [1.82, 2.24) is 5.32 Å². The average Bonchev–Trinajstić information content (AvgIpc) is 2.23. The molecule has 0 heterocycles. The van der Waals surface area contributed by atoms with Crippen LogP contribution in [0.4, 0.5) is 0 Å². The zero-order valence-electron chi connectivity index (χ0n) is 10.4. The molecule has 0 aromatic carbocycles. The number of methoxy groups -OCH3 is 1. The average molecular weight is 231 g/mol. The second-order valence-electron chi connectivity index (χ2n) is 3.71. The number of amides is 1. The van der Waals surface area contributed by atoms with E-state index in [9.17, 15) is 9.59 Å². The zero-order valence-corrected chi connectivity index (χ0v) is 10.4. The lowest BCUT2D eigenvalue weighted by molar-refractivity contribution is -0.147. The summed E-state index contributed by atoms with van der Waals surface area (Å²) in [6.07, 6.45) is 2.02. The van der Waals surface area contributed by atoms with E-state index in [1.54, 1.807) is 0 Å². The van der Waals surface area contributed by atoms with Gasteiger partial charge in [-0.3, -0.25) is 4.79 Å². The van der Waals surface area contributed by atoms with E-state index in [1.165, 1.54) is 14.0 Å². The van der Waals surface area contributed by atoms with Gasteiger partial charge in [-0.25, -0.2) is 4.79 Å². The van der Waals surface area contributed by atoms with Crippen LogP contribution in [-0.4, -0.2) is 37.7 Å². The van der Waals surface area contributed by atoms with Crippen molar-refractivity contribution < 1.29 is 19.1 Å². The lowest BCUT2D eigenvalue weighted by atomic mass is 10.2. The van der Waals surface area contributed by atoms with Crippen molar-refractivity contribution >= 4 is 11.9 Å². The van der Waals surface area contributed by atoms with Crippen LogP contribution in [0.25, 0.3) is 0 Å². The van der Waals surface area contributed by atoms with Crippen LogP contribution in [0.5, 0.6) is 0 Å². The largest absolute Gasteiger partial charge is 0.467 e. The number of hydrogen-bond acceptors (Lipinski definition) is 4. The number of ether oxygens (including phenoxy) is 2. The molecule has 94 valence electrons. The first-order valence-electron chi connectivity index (χ1n) is 5.47. The number of carbonyl (C=O) groups excluding carboxylic acids is 2. The molecule has 16 heavy (non-hydrogen) atoms. The van der Waals surface area contributed by atoms with Crippen LogP contribution < -0.4 is 5.32 Å². The predicted octanol–water partition coefficient (Wildman–Crippen LogP) is 0.869. The summed E-state index contributed by atoms with van der Waals surface area (Å²) in [5.74, 6) is -0.763. The van der Waals surface area contributed by atoms with E-state index in [1.807, 2.05) is 6.92 Å². The molecule has 0 aromatic rings. The summed E-state index contributed by atoms with van der Waals surface area (Å²) in [4.78, 5) is 22.2. The molecule has 0 aliphatic carbocycles. The Labute approximate surface area is 96.5 Å². The number of rotatable bonds is 7. The molecule has 1 amide bonds. The first-order valence-corrected chi connectivity index (χ1v) is 5.47. The summed E-state index contributed by atoms with van der Waals surface area (Å²) in [5.41, 5.74) is 0. The van der Waals surface area contributed by atoms with Crippen molar-refractivity contribution in [2.45, 2.75) is 45.8 Å². The maximum atomic E-state index is 11.3. The van der Waals surface area contributed by atoms with Gasteiger partial charge >= 0.3 is 5.97 Å². The first kappa shape index (κ1) is 14.9. The van der Waals surface area contributed by atoms with Crippen LogP contribution in [0.15, 0.2) is 0 Å². The molecule has 1 N–H and O–H groups in total. The fourth-order valence-electron chi connectivity index (χ4n) is 1.31. The van der Waals surface area contributed by atoms with E-state index in [4.69, 9.17) is 4.74 Å². The van der Waals surface area contributed by atoms with Gasteiger partial charge < -0.3 is 14.8 Å². The van der Waals surface area contributed by atoms with Crippen LogP contribution in [0.1, 0.15) is 33.6 Å². The molecule has 0 fully saturated rings.